The van der Waals surface area contributed by atoms with E-state index in [4.69, 9.17) is 5.73 Å². The molecule has 0 aliphatic rings. The molecule has 0 radical (unpaired) electrons. The molecule has 1 amide bonds. The van der Waals surface area contributed by atoms with Gasteiger partial charge in [0.25, 0.3) is 0 Å². The van der Waals surface area contributed by atoms with Crippen molar-refractivity contribution in [1.29, 1.82) is 0 Å². The highest BCUT2D eigenvalue weighted by Crippen LogP contribution is 2.11. The minimum atomic E-state index is -0.438. The van der Waals surface area contributed by atoms with Gasteiger partial charge >= 0.3 is 0 Å². The lowest BCUT2D eigenvalue weighted by Crippen LogP contribution is -2.46. The summed E-state index contributed by atoms with van der Waals surface area (Å²) in [6.07, 6.45) is 2.82. The average Bonchev–Trinajstić information content (AvgIpc) is 2.49. The topological polar surface area (TPSA) is 46.3 Å². The molecule has 1 unspecified atom stereocenters. The van der Waals surface area contributed by atoms with Crippen LogP contribution in [-0.2, 0) is 11.2 Å². The number of nitrogens with two attached hydrogens (primary N) is 1. The summed E-state index contributed by atoms with van der Waals surface area (Å²) in [5.74, 6) is 0.645. The maximum absolute atomic E-state index is 12.4. The number of carbonyl (C=O) groups is 1. The van der Waals surface area contributed by atoms with Crippen molar-refractivity contribution >= 4 is 18.3 Å². The number of carbonyl (C=O) groups excluding carboxylic acids is 1. The molecule has 21 heavy (non-hydrogen) atoms. The molecule has 120 valence electrons. The first kappa shape index (κ1) is 19.9. The average molecular weight is 313 g/mol. The van der Waals surface area contributed by atoms with E-state index in [9.17, 15) is 4.79 Å². The Bertz CT molecular complexity index is 393. The van der Waals surface area contributed by atoms with Gasteiger partial charge in [-0.1, -0.05) is 57.0 Å². The Balaban J connectivity index is 0.00000400. The monoisotopic (exact) mass is 312 g/mol. The molecule has 0 fully saturated rings. The smallest absolute Gasteiger partial charge is 0.239 e. The second-order valence-corrected chi connectivity index (χ2v) is 5.36. The molecular weight excluding hydrogens is 284 g/mol. The predicted octanol–water partition coefficient (Wildman–Crippen LogP) is 3.26. The number of amides is 1. The van der Waals surface area contributed by atoms with E-state index in [-0.39, 0.29) is 18.3 Å². The number of hydrogen-bond acceptors (Lipinski definition) is 2. The van der Waals surface area contributed by atoms with Gasteiger partial charge in [-0.2, -0.15) is 0 Å². The van der Waals surface area contributed by atoms with Crippen LogP contribution in [0.25, 0.3) is 0 Å². The molecular formula is C17H29ClN2O. The van der Waals surface area contributed by atoms with Crippen molar-refractivity contribution in [1.82, 2.24) is 4.90 Å². The molecule has 1 rings (SSSR count). The third-order valence-electron chi connectivity index (χ3n) is 3.94. The summed E-state index contributed by atoms with van der Waals surface area (Å²) in [6.45, 7) is 7.94. The summed E-state index contributed by atoms with van der Waals surface area (Å²) in [5, 5.41) is 0. The Labute approximate surface area is 135 Å². The van der Waals surface area contributed by atoms with Crippen LogP contribution in [0.5, 0.6) is 0 Å². The number of benzene rings is 1. The molecule has 0 bridgehead atoms. The lowest BCUT2D eigenvalue weighted by atomic mass is 10.0. The number of halogens is 1. The summed E-state index contributed by atoms with van der Waals surface area (Å²) in [5.41, 5.74) is 7.21. The molecule has 3 nitrogen and oxygen atoms in total. The fourth-order valence-electron chi connectivity index (χ4n) is 2.42. The van der Waals surface area contributed by atoms with E-state index in [1.807, 2.05) is 42.2 Å². The van der Waals surface area contributed by atoms with Gasteiger partial charge in [-0.05, 0) is 24.8 Å². The van der Waals surface area contributed by atoms with Crippen molar-refractivity contribution in [2.24, 2.45) is 11.7 Å². The number of rotatable bonds is 8. The SMILES string of the molecule is CCC(CC)CN(CC)C(=O)C(N)Cc1ccccc1.Cl. The highest BCUT2D eigenvalue weighted by Gasteiger charge is 2.21. The normalized spacial score (nSPS) is 11.9. The molecule has 0 aliphatic carbocycles. The number of likely N-dealkylation sites (N-methyl/N-ethyl adjacent to an activating group) is 1. The van der Waals surface area contributed by atoms with Crippen LogP contribution >= 0.6 is 12.4 Å². The summed E-state index contributed by atoms with van der Waals surface area (Å²) in [7, 11) is 0. The Kier molecular flexibility index (Phi) is 10.1. The molecule has 1 aromatic carbocycles. The molecule has 1 atom stereocenters. The van der Waals surface area contributed by atoms with Crippen LogP contribution in [0.3, 0.4) is 0 Å². The van der Waals surface area contributed by atoms with Crippen molar-refractivity contribution in [3.05, 3.63) is 35.9 Å². The third-order valence-corrected chi connectivity index (χ3v) is 3.94. The summed E-state index contributed by atoms with van der Waals surface area (Å²) in [6, 6.07) is 9.53. The van der Waals surface area contributed by atoms with E-state index in [1.165, 1.54) is 0 Å². The predicted molar refractivity (Wildman–Crippen MR) is 91.7 cm³/mol. The summed E-state index contributed by atoms with van der Waals surface area (Å²) >= 11 is 0. The molecule has 0 saturated carbocycles. The van der Waals surface area contributed by atoms with Crippen LogP contribution in [-0.4, -0.2) is 29.9 Å². The van der Waals surface area contributed by atoms with E-state index in [2.05, 4.69) is 13.8 Å². The second-order valence-electron chi connectivity index (χ2n) is 5.36. The first-order chi connectivity index (χ1) is 9.62. The van der Waals surface area contributed by atoms with Crippen LogP contribution in [0, 0.1) is 5.92 Å². The van der Waals surface area contributed by atoms with Crippen molar-refractivity contribution in [2.45, 2.75) is 46.1 Å². The standard InChI is InChI=1S/C17H28N2O.ClH/c1-4-14(5-2)13-19(6-3)17(20)16(18)12-15-10-8-7-9-11-15;/h7-11,14,16H,4-6,12-13,18H2,1-3H3;1H. The van der Waals surface area contributed by atoms with Gasteiger partial charge < -0.3 is 10.6 Å². The van der Waals surface area contributed by atoms with Crippen LogP contribution in [0.2, 0.25) is 0 Å². The van der Waals surface area contributed by atoms with E-state index in [1.54, 1.807) is 0 Å². The van der Waals surface area contributed by atoms with Crippen LogP contribution in [0.1, 0.15) is 39.2 Å². The largest absolute Gasteiger partial charge is 0.341 e. The Morgan fingerprint density at radius 3 is 2.19 bits per heavy atom. The van der Waals surface area contributed by atoms with Gasteiger partial charge in [-0.25, -0.2) is 0 Å². The number of nitrogens with zero attached hydrogens (tertiary/aromatic N) is 1. The summed E-state index contributed by atoms with van der Waals surface area (Å²) in [4.78, 5) is 14.4. The molecule has 0 aliphatic heterocycles. The zero-order valence-electron chi connectivity index (χ0n) is 13.4. The molecule has 0 spiro atoms. The molecule has 0 heterocycles. The third kappa shape index (κ3) is 6.49. The van der Waals surface area contributed by atoms with Crippen LogP contribution in [0.4, 0.5) is 0 Å². The minimum Gasteiger partial charge on any atom is -0.341 e. The van der Waals surface area contributed by atoms with E-state index < -0.39 is 6.04 Å². The first-order valence-electron chi connectivity index (χ1n) is 7.70. The van der Waals surface area contributed by atoms with Crippen LogP contribution < -0.4 is 5.73 Å². The maximum Gasteiger partial charge on any atom is 0.239 e. The van der Waals surface area contributed by atoms with E-state index in [0.717, 1.165) is 31.5 Å². The van der Waals surface area contributed by atoms with Crippen molar-refractivity contribution in [2.75, 3.05) is 13.1 Å². The molecule has 0 aromatic heterocycles. The van der Waals surface area contributed by atoms with Gasteiger partial charge in [-0.3, -0.25) is 4.79 Å². The Morgan fingerprint density at radius 1 is 1.14 bits per heavy atom. The van der Waals surface area contributed by atoms with Gasteiger partial charge in [-0.15, -0.1) is 12.4 Å². The highest BCUT2D eigenvalue weighted by molar-refractivity contribution is 5.85. The first-order valence-corrected chi connectivity index (χ1v) is 7.70. The van der Waals surface area contributed by atoms with Gasteiger partial charge in [0.05, 0.1) is 6.04 Å². The lowest BCUT2D eigenvalue weighted by Gasteiger charge is -2.28. The van der Waals surface area contributed by atoms with Gasteiger partial charge in [0.15, 0.2) is 0 Å². The summed E-state index contributed by atoms with van der Waals surface area (Å²) < 4.78 is 0. The maximum atomic E-state index is 12.4. The lowest BCUT2D eigenvalue weighted by molar-refractivity contribution is -0.133. The molecule has 0 saturated heterocycles. The van der Waals surface area contributed by atoms with Crippen molar-refractivity contribution in [3.8, 4) is 0 Å². The van der Waals surface area contributed by atoms with Gasteiger partial charge in [0, 0.05) is 13.1 Å². The Hall–Kier alpha value is -1.06. The molecule has 1 aromatic rings. The minimum absolute atomic E-state index is 0. The fourth-order valence-corrected chi connectivity index (χ4v) is 2.42. The quantitative estimate of drug-likeness (QED) is 0.801. The van der Waals surface area contributed by atoms with Crippen molar-refractivity contribution in [3.63, 3.8) is 0 Å². The van der Waals surface area contributed by atoms with Gasteiger partial charge in [0.1, 0.15) is 0 Å². The number of hydrogen-bond donors (Lipinski definition) is 1. The highest BCUT2D eigenvalue weighted by atomic mass is 35.5. The second kappa shape index (κ2) is 10.6. The fraction of sp³-hybridized carbons (Fsp3) is 0.588. The zero-order chi connectivity index (χ0) is 15.0. The van der Waals surface area contributed by atoms with Crippen LogP contribution in [0.15, 0.2) is 30.3 Å². The zero-order valence-corrected chi connectivity index (χ0v) is 14.2. The van der Waals surface area contributed by atoms with E-state index >= 15 is 0 Å². The van der Waals surface area contributed by atoms with E-state index in [0.29, 0.717) is 12.3 Å². The Morgan fingerprint density at radius 2 is 1.71 bits per heavy atom. The molecule has 4 heteroatoms. The molecule has 2 N–H and O–H groups in total. The van der Waals surface area contributed by atoms with Crippen molar-refractivity contribution < 1.29 is 4.79 Å². The van der Waals surface area contributed by atoms with Gasteiger partial charge in [0.2, 0.25) is 5.91 Å².